The van der Waals surface area contributed by atoms with Gasteiger partial charge in [-0.25, -0.2) is 4.98 Å². The molecule has 0 saturated carbocycles. The Balaban J connectivity index is 2.28. The number of aromatic nitrogens is 1. The maximum atomic E-state index is 12.5. The summed E-state index contributed by atoms with van der Waals surface area (Å²) in [6.07, 6.45) is 2.52. The van der Waals surface area contributed by atoms with Crippen LogP contribution in [0.4, 0.5) is 0 Å². The molecule has 0 spiro atoms. The fourth-order valence-corrected chi connectivity index (χ4v) is 2.74. The van der Waals surface area contributed by atoms with Gasteiger partial charge < -0.3 is 0 Å². The van der Waals surface area contributed by atoms with E-state index >= 15 is 0 Å². The zero-order valence-corrected chi connectivity index (χ0v) is 12.5. The molecular weight excluding hydrogens is 258 g/mol. The van der Waals surface area contributed by atoms with E-state index in [1.54, 1.807) is 0 Å². The molecule has 2 heteroatoms. The molecule has 1 heterocycles. The maximum Gasteiger partial charge on any atom is 0.181 e. The third-order valence-corrected chi connectivity index (χ3v) is 3.88. The molecule has 0 amide bonds. The van der Waals surface area contributed by atoms with Gasteiger partial charge in [0.15, 0.2) is 5.78 Å². The molecule has 1 aromatic heterocycles. The van der Waals surface area contributed by atoms with Crippen molar-refractivity contribution in [3.05, 3.63) is 53.7 Å². The van der Waals surface area contributed by atoms with E-state index in [0.717, 1.165) is 34.5 Å². The van der Waals surface area contributed by atoms with Crippen LogP contribution in [0.3, 0.4) is 0 Å². The van der Waals surface area contributed by atoms with Crippen molar-refractivity contribution in [2.45, 2.75) is 33.1 Å². The Bertz CT molecular complexity index is 820. The molecule has 106 valence electrons. The number of hydrogen-bond donors (Lipinski definition) is 0. The molecule has 0 bridgehead atoms. The van der Waals surface area contributed by atoms with Gasteiger partial charge >= 0.3 is 0 Å². The first-order valence-corrected chi connectivity index (χ1v) is 7.53. The number of hydrogen-bond acceptors (Lipinski definition) is 2. The van der Waals surface area contributed by atoms with E-state index in [1.165, 1.54) is 5.56 Å². The van der Waals surface area contributed by atoms with Gasteiger partial charge in [0, 0.05) is 17.2 Å². The number of unbranched alkanes of at least 4 members (excludes halogenated alkanes) is 1. The van der Waals surface area contributed by atoms with Crippen LogP contribution in [-0.2, 0) is 0 Å². The molecule has 0 radical (unpaired) electrons. The number of rotatable bonds is 4. The molecule has 3 rings (SSSR count). The van der Waals surface area contributed by atoms with Crippen LogP contribution in [0.15, 0.2) is 42.5 Å². The molecule has 0 unspecified atom stereocenters. The van der Waals surface area contributed by atoms with Gasteiger partial charge in [-0.2, -0.15) is 0 Å². The number of benzene rings is 2. The van der Waals surface area contributed by atoms with Crippen molar-refractivity contribution in [3.63, 3.8) is 0 Å². The zero-order chi connectivity index (χ0) is 14.8. The van der Waals surface area contributed by atoms with E-state index in [2.05, 4.69) is 31.0 Å². The molecule has 21 heavy (non-hydrogen) atoms. The van der Waals surface area contributed by atoms with Crippen LogP contribution in [0.2, 0.25) is 0 Å². The molecule has 0 atom stereocenters. The van der Waals surface area contributed by atoms with Gasteiger partial charge in [-0.3, -0.25) is 4.79 Å². The van der Waals surface area contributed by atoms with Gasteiger partial charge in [-0.1, -0.05) is 49.2 Å². The second kappa shape index (κ2) is 5.65. The lowest BCUT2D eigenvalue weighted by Gasteiger charge is -2.09. The lowest BCUT2D eigenvalue weighted by Crippen LogP contribution is -2.04. The lowest BCUT2D eigenvalue weighted by atomic mass is 9.99. The van der Waals surface area contributed by atoms with Gasteiger partial charge in [0.25, 0.3) is 0 Å². The minimum absolute atomic E-state index is 0.149. The molecule has 2 aromatic carbocycles. The summed E-state index contributed by atoms with van der Waals surface area (Å²) in [4.78, 5) is 17.1. The van der Waals surface area contributed by atoms with Gasteiger partial charge in [0.2, 0.25) is 0 Å². The molecule has 0 aliphatic heterocycles. The first-order valence-electron chi connectivity index (χ1n) is 7.53. The lowest BCUT2D eigenvalue weighted by molar-refractivity contribution is 0.0977. The highest BCUT2D eigenvalue weighted by Gasteiger charge is 2.14. The Morgan fingerprint density at radius 2 is 1.81 bits per heavy atom. The molecule has 2 nitrogen and oxygen atoms in total. The quantitative estimate of drug-likeness (QED) is 0.492. The first-order chi connectivity index (χ1) is 10.2. The van der Waals surface area contributed by atoms with E-state index in [-0.39, 0.29) is 5.78 Å². The van der Waals surface area contributed by atoms with Crippen molar-refractivity contribution >= 4 is 27.5 Å². The van der Waals surface area contributed by atoms with Crippen molar-refractivity contribution in [2.24, 2.45) is 0 Å². The van der Waals surface area contributed by atoms with Crippen LogP contribution in [0.5, 0.6) is 0 Å². The average molecular weight is 277 g/mol. The van der Waals surface area contributed by atoms with E-state index < -0.39 is 0 Å². The molecule has 0 fully saturated rings. The van der Waals surface area contributed by atoms with Gasteiger partial charge in [-0.15, -0.1) is 0 Å². The molecule has 0 saturated heterocycles. The Morgan fingerprint density at radius 3 is 2.57 bits per heavy atom. The summed E-state index contributed by atoms with van der Waals surface area (Å²) in [6, 6.07) is 14.3. The normalized spacial score (nSPS) is 11.1. The Hall–Kier alpha value is -2.22. The third-order valence-electron chi connectivity index (χ3n) is 3.88. The Labute approximate surface area is 124 Å². The summed E-state index contributed by atoms with van der Waals surface area (Å²) in [6.45, 7) is 4.18. The van der Waals surface area contributed by atoms with Crippen LogP contribution in [0.1, 0.15) is 42.2 Å². The van der Waals surface area contributed by atoms with Gasteiger partial charge in [-0.05, 0) is 30.9 Å². The largest absolute Gasteiger partial charge is 0.292 e. The zero-order valence-electron chi connectivity index (χ0n) is 12.5. The highest BCUT2D eigenvalue weighted by molar-refractivity contribution is 6.14. The standard InChI is InChI=1S/C19H19NO/c1-3-4-9-18(21)19-15-8-6-5-7-14(15)16-12-13(2)10-11-17(16)20-19/h5-8,10-12H,3-4,9H2,1-2H3. The number of carbonyl (C=O) groups is 1. The molecule has 0 N–H and O–H groups in total. The summed E-state index contributed by atoms with van der Waals surface area (Å²) >= 11 is 0. The second-order valence-corrected chi connectivity index (χ2v) is 5.55. The highest BCUT2D eigenvalue weighted by Crippen LogP contribution is 2.28. The Morgan fingerprint density at radius 1 is 1.05 bits per heavy atom. The summed E-state index contributed by atoms with van der Waals surface area (Å²) in [5, 5.41) is 3.21. The van der Waals surface area contributed by atoms with Crippen molar-refractivity contribution in [1.29, 1.82) is 0 Å². The Kier molecular flexibility index (Phi) is 3.70. The number of Topliss-reactive ketones (excluding diaryl/α,β-unsaturated/α-hetero) is 1. The van der Waals surface area contributed by atoms with Gasteiger partial charge in [0.05, 0.1) is 5.52 Å². The molecule has 3 aromatic rings. The van der Waals surface area contributed by atoms with Crippen LogP contribution < -0.4 is 0 Å². The van der Waals surface area contributed by atoms with Crippen molar-refractivity contribution in [2.75, 3.05) is 0 Å². The number of pyridine rings is 1. The second-order valence-electron chi connectivity index (χ2n) is 5.55. The van der Waals surface area contributed by atoms with E-state index in [4.69, 9.17) is 0 Å². The number of carbonyl (C=O) groups excluding carboxylic acids is 1. The number of fused-ring (bicyclic) bond motifs is 3. The van der Waals surface area contributed by atoms with Crippen molar-refractivity contribution < 1.29 is 4.79 Å². The summed E-state index contributed by atoms with van der Waals surface area (Å²) in [7, 11) is 0. The fourth-order valence-electron chi connectivity index (χ4n) is 2.74. The first kappa shape index (κ1) is 13.7. The summed E-state index contributed by atoms with van der Waals surface area (Å²) in [5.74, 6) is 0.149. The number of ketones is 1. The van der Waals surface area contributed by atoms with E-state index in [9.17, 15) is 4.79 Å². The van der Waals surface area contributed by atoms with E-state index in [0.29, 0.717) is 12.1 Å². The maximum absolute atomic E-state index is 12.5. The third kappa shape index (κ3) is 2.54. The van der Waals surface area contributed by atoms with Crippen LogP contribution in [0, 0.1) is 6.92 Å². The smallest absolute Gasteiger partial charge is 0.181 e. The van der Waals surface area contributed by atoms with Crippen molar-refractivity contribution in [1.82, 2.24) is 4.98 Å². The van der Waals surface area contributed by atoms with Gasteiger partial charge in [0.1, 0.15) is 5.69 Å². The molecular formula is C19H19NO. The monoisotopic (exact) mass is 277 g/mol. The fraction of sp³-hybridized carbons (Fsp3) is 0.263. The van der Waals surface area contributed by atoms with Crippen LogP contribution >= 0.6 is 0 Å². The predicted octanol–water partition coefficient (Wildman–Crippen LogP) is 5.07. The SMILES string of the molecule is CCCCC(=O)c1nc2ccc(C)cc2c2ccccc12. The topological polar surface area (TPSA) is 30.0 Å². The van der Waals surface area contributed by atoms with Crippen LogP contribution in [-0.4, -0.2) is 10.8 Å². The minimum atomic E-state index is 0.149. The molecule has 0 aliphatic rings. The number of nitrogens with zero attached hydrogens (tertiary/aromatic N) is 1. The molecule has 0 aliphatic carbocycles. The summed E-state index contributed by atoms with van der Waals surface area (Å²) in [5.41, 5.74) is 2.73. The highest BCUT2D eigenvalue weighted by atomic mass is 16.1. The minimum Gasteiger partial charge on any atom is -0.292 e. The average Bonchev–Trinajstić information content (AvgIpc) is 2.52. The van der Waals surface area contributed by atoms with Crippen LogP contribution in [0.25, 0.3) is 21.7 Å². The van der Waals surface area contributed by atoms with Crippen molar-refractivity contribution in [3.8, 4) is 0 Å². The predicted molar refractivity (Wildman–Crippen MR) is 87.8 cm³/mol. The summed E-state index contributed by atoms with van der Waals surface area (Å²) < 4.78 is 0. The number of aryl methyl sites for hydroxylation is 1. The van der Waals surface area contributed by atoms with E-state index in [1.807, 2.05) is 30.3 Å².